The molecule has 3 heterocycles. The van der Waals surface area contributed by atoms with Crippen LogP contribution in [0.25, 0.3) is 33.0 Å². The smallest absolute Gasteiger partial charge is 0.259 e. The second-order valence-corrected chi connectivity index (χ2v) is 6.54. The molecular formula is C21H14N2O4. The van der Waals surface area contributed by atoms with E-state index in [0.717, 1.165) is 10.9 Å². The third-order valence-corrected chi connectivity index (χ3v) is 4.90. The molecule has 2 aromatic heterocycles. The molecule has 6 heteroatoms. The Hall–Kier alpha value is -3.80. The highest BCUT2D eigenvalue weighted by Crippen LogP contribution is 2.39. The molecule has 2 aromatic carbocycles. The van der Waals surface area contributed by atoms with Gasteiger partial charge < -0.3 is 14.1 Å². The topological polar surface area (TPSA) is 84.5 Å². The van der Waals surface area contributed by atoms with Crippen molar-refractivity contribution in [1.29, 1.82) is 0 Å². The summed E-state index contributed by atoms with van der Waals surface area (Å²) in [7, 11) is 1.89. The van der Waals surface area contributed by atoms with Crippen LogP contribution in [-0.2, 0) is 16.6 Å². The number of fused-ring (bicyclic) bond motifs is 2. The van der Waals surface area contributed by atoms with Gasteiger partial charge in [-0.05, 0) is 24.3 Å². The molecule has 0 fully saturated rings. The van der Waals surface area contributed by atoms with Gasteiger partial charge in [0.05, 0.1) is 17.4 Å². The zero-order valence-electron chi connectivity index (χ0n) is 14.3. The van der Waals surface area contributed by atoms with E-state index in [2.05, 4.69) is 5.32 Å². The Labute approximate surface area is 153 Å². The summed E-state index contributed by atoms with van der Waals surface area (Å²) in [5.74, 6) is -0.976. The number of amides is 2. The van der Waals surface area contributed by atoms with Gasteiger partial charge in [-0.25, -0.2) is 0 Å². The number of aromatic nitrogens is 1. The Morgan fingerprint density at radius 1 is 1.00 bits per heavy atom. The number of nitrogens with one attached hydrogen (secondary N) is 1. The lowest BCUT2D eigenvalue weighted by molar-refractivity contribution is -0.122. The normalized spacial score (nSPS) is 14.6. The van der Waals surface area contributed by atoms with Crippen LogP contribution in [0.3, 0.4) is 0 Å². The number of imide groups is 1. The van der Waals surface area contributed by atoms with Gasteiger partial charge in [0.1, 0.15) is 11.3 Å². The van der Waals surface area contributed by atoms with Gasteiger partial charge in [0.25, 0.3) is 11.8 Å². The summed E-state index contributed by atoms with van der Waals surface area (Å²) >= 11 is 0. The van der Waals surface area contributed by atoms with Crippen molar-refractivity contribution in [2.45, 2.75) is 0 Å². The van der Waals surface area contributed by atoms with Crippen molar-refractivity contribution in [2.24, 2.45) is 7.05 Å². The van der Waals surface area contributed by atoms with Gasteiger partial charge in [-0.15, -0.1) is 0 Å². The lowest BCUT2D eigenvalue weighted by atomic mass is 9.95. The fourth-order valence-corrected chi connectivity index (χ4v) is 3.76. The fourth-order valence-electron chi connectivity index (χ4n) is 3.76. The molecule has 0 bridgehead atoms. The van der Waals surface area contributed by atoms with Crippen molar-refractivity contribution in [3.8, 4) is 5.75 Å². The number of aryl methyl sites for hydroxylation is 1. The fraction of sp³-hybridized carbons (Fsp3) is 0.0476. The number of nitrogens with zero attached hydrogens (tertiary/aromatic N) is 1. The number of hydrogen-bond donors (Lipinski definition) is 2. The number of furan rings is 1. The van der Waals surface area contributed by atoms with Crippen molar-refractivity contribution >= 4 is 44.8 Å². The van der Waals surface area contributed by atoms with Gasteiger partial charge in [0, 0.05) is 40.7 Å². The van der Waals surface area contributed by atoms with Gasteiger partial charge in [0.2, 0.25) is 0 Å². The van der Waals surface area contributed by atoms with Crippen molar-refractivity contribution in [3.05, 3.63) is 66.1 Å². The molecule has 0 aliphatic carbocycles. The van der Waals surface area contributed by atoms with Crippen LogP contribution in [-0.4, -0.2) is 21.5 Å². The number of aromatic hydroxyl groups is 1. The summed E-state index contributed by atoms with van der Waals surface area (Å²) in [6, 6.07) is 12.4. The average Bonchev–Trinajstić information content (AvgIpc) is 3.31. The van der Waals surface area contributed by atoms with Crippen LogP contribution in [0.2, 0.25) is 0 Å². The first-order chi connectivity index (χ1) is 13.0. The van der Waals surface area contributed by atoms with Gasteiger partial charge in [0.15, 0.2) is 0 Å². The van der Waals surface area contributed by atoms with Gasteiger partial charge in [-0.3, -0.25) is 14.9 Å². The predicted octanol–water partition coefficient (Wildman–Crippen LogP) is 3.20. The molecule has 132 valence electrons. The quantitative estimate of drug-likeness (QED) is 0.539. The van der Waals surface area contributed by atoms with Gasteiger partial charge in [-0.1, -0.05) is 18.2 Å². The Balaban J connectivity index is 1.89. The van der Waals surface area contributed by atoms with Gasteiger partial charge >= 0.3 is 0 Å². The largest absolute Gasteiger partial charge is 0.508 e. The maximum Gasteiger partial charge on any atom is 0.259 e. The van der Waals surface area contributed by atoms with E-state index in [9.17, 15) is 14.7 Å². The summed E-state index contributed by atoms with van der Waals surface area (Å²) in [6.07, 6.45) is 3.32. The molecule has 0 radical (unpaired) electrons. The number of benzene rings is 2. The molecule has 6 nitrogen and oxygen atoms in total. The average molecular weight is 358 g/mol. The van der Waals surface area contributed by atoms with Crippen molar-refractivity contribution < 1.29 is 19.1 Å². The summed E-state index contributed by atoms with van der Waals surface area (Å²) in [6.45, 7) is 0. The molecule has 0 saturated carbocycles. The Kier molecular flexibility index (Phi) is 3.06. The highest BCUT2D eigenvalue weighted by atomic mass is 16.3. The molecule has 2 amide bonds. The first kappa shape index (κ1) is 15.5. The standard InChI is InChI=1S/C21H14N2O4/c1-23-10-15(13-4-2-3-5-16(13)23)18-17(20(25)22-21(18)26)14-9-12(24)8-11-6-7-27-19(11)14/h2-10,24H,1H3,(H,22,25,26). The first-order valence-electron chi connectivity index (χ1n) is 8.39. The number of para-hydroxylation sites is 1. The van der Waals surface area contributed by atoms with E-state index in [4.69, 9.17) is 4.42 Å². The van der Waals surface area contributed by atoms with Crippen molar-refractivity contribution in [1.82, 2.24) is 9.88 Å². The highest BCUT2D eigenvalue weighted by molar-refractivity contribution is 6.50. The zero-order valence-corrected chi connectivity index (χ0v) is 14.3. The Bertz CT molecular complexity index is 1310. The number of carbonyl (C=O) groups is 2. The molecule has 0 atom stereocenters. The van der Waals surface area contributed by atoms with Crippen LogP contribution < -0.4 is 5.32 Å². The Morgan fingerprint density at radius 2 is 1.74 bits per heavy atom. The number of rotatable bonds is 2. The van der Waals surface area contributed by atoms with Crippen LogP contribution in [0.5, 0.6) is 5.75 Å². The van der Waals surface area contributed by atoms with Crippen LogP contribution in [0.4, 0.5) is 0 Å². The third-order valence-electron chi connectivity index (χ3n) is 4.90. The summed E-state index contributed by atoms with van der Waals surface area (Å²) < 4.78 is 7.45. The molecule has 1 aliphatic heterocycles. The number of phenols is 1. The minimum atomic E-state index is -0.508. The van der Waals surface area contributed by atoms with Crippen LogP contribution in [0, 0.1) is 0 Å². The molecular weight excluding hydrogens is 344 g/mol. The van der Waals surface area contributed by atoms with Crippen LogP contribution in [0.1, 0.15) is 11.1 Å². The van der Waals surface area contributed by atoms with Crippen molar-refractivity contribution in [3.63, 3.8) is 0 Å². The van der Waals surface area contributed by atoms with Crippen molar-refractivity contribution in [2.75, 3.05) is 0 Å². The van der Waals surface area contributed by atoms with Crippen LogP contribution >= 0.6 is 0 Å². The van der Waals surface area contributed by atoms with E-state index >= 15 is 0 Å². The summed E-state index contributed by atoms with van der Waals surface area (Å²) in [5.41, 5.74) is 2.93. The third kappa shape index (κ3) is 2.13. The summed E-state index contributed by atoms with van der Waals surface area (Å²) in [5, 5.41) is 14.0. The molecule has 2 N–H and O–H groups in total. The second kappa shape index (κ2) is 5.35. The maximum absolute atomic E-state index is 12.7. The van der Waals surface area contributed by atoms with E-state index in [1.54, 1.807) is 12.1 Å². The lowest BCUT2D eigenvalue weighted by Crippen LogP contribution is -2.22. The maximum atomic E-state index is 12.7. The van der Waals surface area contributed by atoms with E-state index < -0.39 is 11.8 Å². The van der Waals surface area contributed by atoms with Gasteiger partial charge in [-0.2, -0.15) is 0 Å². The van der Waals surface area contributed by atoms with E-state index in [-0.39, 0.29) is 16.9 Å². The minimum Gasteiger partial charge on any atom is -0.508 e. The molecule has 0 unspecified atom stereocenters. The molecule has 5 rings (SSSR count). The molecule has 0 spiro atoms. The lowest BCUT2D eigenvalue weighted by Gasteiger charge is -2.06. The highest BCUT2D eigenvalue weighted by Gasteiger charge is 2.35. The molecule has 0 saturated heterocycles. The van der Waals surface area contributed by atoms with E-state index in [1.807, 2.05) is 42.1 Å². The first-order valence-corrected chi connectivity index (χ1v) is 8.39. The summed E-state index contributed by atoms with van der Waals surface area (Å²) in [4.78, 5) is 25.4. The van der Waals surface area contributed by atoms with E-state index in [0.29, 0.717) is 22.1 Å². The predicted molar refractivity (Wildman–Crippen MR) is 101 cm³/mol. The molecule has 1 aliphatic rings. The molecule has 27 heavy (non-hydrogen) atoms. The SMILES string of the molecule is Cn1cc(C2=C(c3cc(O)cc4ccoc34)C(=O)NC2=O)c2ccccc21. The zero-order chi connectivity index (χ0) is 18.7. The number of phenolic OH excluding ortho intramolecular Hbond substituents is 1. The second-order valence-electron chi connectivity index (χ2n) is 6.54. The number of hydrogen-bond acceptors (Lipinski definition) is 4. The Morgan fingerprint density at radius 3 is 2.56 bits per heavy atom. The minimum absolute atomic E-state index is 0.00387. The van der Waals surface area contributed by atoms with E-state index in [1.165, 1.54) is 12.3 Å². The monoisotopic (exact) mass is 358 g/mol. The molecule has 4 aromatic rings. The number of carbonyl (C=O) groups excluding carboxylic acids is 2. The van der Waals surface area contributed by atoms with Crippen LogP contribution in [0.15, 0.2) is 59.3 Å².